The van der Waals surface area contributed by atoms with Crippen LogP contribution in [-0.4, -0.2) is 31.3 Å². The van der Waals surface area contributed by atoms with Gasteiger partial charge in [-0.15, -0.1) is 0 Å². The van der Waals surface area contributed by atoms with Crippen molar-refractivity contribution in [2.24, 2.45) is 0 Å². The average Bonchev–Trinajstić information content (AvgIpc) is 3.13. The van der Waals surface area contributed by atoms with Crippen LogP contribution in [0.5, 0.6) is 11.6 Å². The first-order valence-corrected chi connectivity index (χ1v) is 11.5. The second-order valence-corrected chi connectivity index (χ2v) is 8.87. The number of hydrogen-bond donors (Lipinski definition) is 2. The summed E-state index contributed by atoms with van der Waals surface area (Å²) in [5.74, 6) is 1.95. The minimum Gasteiger partial charge on any atom is -0.439 e. The van der Waals surface area contributed by atoms with Crippen molar-refractivity contribution in [1.82, 2.24) is 19.7 Å². The Morgan fingerprint density at radius 3 is 2.08 bits per heavy atom. The number of benzene rings is 2. The molecule has 0 fully saturated rings. The molecule has 0 saturated heterocycles. The van der Waals surface area contributed by atoms with Crippen molar-refractivity contribution >= 4 is 29.2 Å². The van der Waals surface area contributed by atoms with Gasteiger partial charge in [0.2, 0.25) is 5.88 Å². The maximum Gasteiger partial charge on any atom is 0.446 e. The van der Waals surface area contributed by atoms with Gasteiger partial charge in [0.25, 0.3) is 0 Å². The van der Waals surface area contributed by atoms with E-state index in [9.17, 15) is 18.0 Å². The number of rotatable bonds is 6. The molecule has 0 aliphatic rings. The lowest BCUT2D eigenvalue weighted by molar-refractivity contribution is -0.0328. The molecule has 8 nitrogen and oxygen atoms in total. The van der Waals surface area contributed by atoms with Gasteiger partial charge >= 0.3 is 11.5 Å². The molecule has 36 heavy (non-hydrogen) atoms. The highest BCUT2D eigenvalue weighted by molar-refractivity contribution is 8.00. The molecular weight excluding hydrogens is 493 g/mol. The van der Waals surface area contributed by atoms with Crippen molar-refractivity contribution in [3.05, 3.63) is 77.9 Å². The molecule has 0 aliphatic carbocycles. The van der Waals surface area contributed by atoms with E-state index in [2.05, 4.69) is 25.7 Å². The number of nitrogens with zero attached hydrogens (tertiary/aromatic N) is 4. The topological polar surface area (TPSA) is 94.0 Å². The van der Waals surface area contributed by atoms with Gasteiger partial charge in [-0.3, -0.25) is 0 Å². The summed E-state index contributed by atoms with van der Waals surface area (Å²) in [7, 11) is 0. The highest BCUT2D eigenvalue weighted by atomic mass is 32.2. The third-order valence-corrected chi connectivity index (χ3v) is 5.45. The summed E-state index contributed by atoms with van der Waals surface area (Å²) in [5.41, 5.74) is -1.71. The van der Waals surface area contributed by atoms with E-state index in [1.807, 2.05) is 19.9 Å². The van der Waals surface area contributed by atoms with Crippen LogP contribution in [0.25, 0.3) is 5.82 Å². The molecule has 0 atom stereocenters. The number of alkyl halides is 3. The Morgan fingerprint density at radius 2 is 1.53 bits per heavy atom. The highest BCUT2D eigenvalue weighted by Gasteiger charge is 2.29. The van der Waals surface area contributed by atoms with Gasteiger partial charge in [-0.1, -0.05) is 0 Å². The van der Waals surface area contributed by atoms with Gasteiger partial charge in [-0.2, -0.15) is 23.3 Å². The van der Waals surface area contributed by atoms with E-state index >= 15 is 0 Å². The van der Waals surface area contributed by atoms with Crippen molar-refractivity contribution < 1.29 is 22.7 Å². The summed E-state index contributed by atoms with van der Waals surface area (Å²) < 4.78 is 44.9. The first-order chi connectivity index (χ1) is 17.0. The molecule has 0 bridgehead atoms. The molecule has 0 unspecified atom stereocenters. The fraction of sp³-hybridized carbons (Fsp3) is 0.167. The quantitative estimate of drug-likeness (QED) is 0.280. The van der Waals surface area contributed by atoms with Crippen molar-refractivity contribution in [2.75, 3.05) is 10.6 Å². The van der Waals surface area contributed by atoms with Crippen LogP contribution in [0.15, 0.2) is 65.6 Å². The first-order valence-electron chi connectivity index (χ1n) is 10.7. The van der Waals surface area contributed by atoms with Crippen LogP contribution in [0, 0.1) is 20.8 Å². The normalized spacial score (nSPS) is 11.3. The molecule has 2 heterocycles. The van der Waals surface area contributed by atoms with Gasteiger partial charge in [-0.25, -0.2) is 14.5 Å². The largest absolute Gasteiger partial charge is 0.446 e. The Bertz CT molecular complexity index is 1370. The summed E-state index contributed by atoms with van der Waals surface area (Å²) in [5, 5.41) is 9.66. The standard InChI is InChI=1S/C24H21F3N6O2S/c1-14-12-15(2)33(32-14)21-13-22(29-16(3)28-21)35-19-8-4-17(5-9-19)30-23(34)31-18-6-10-20(11-7-18)36-24(25,26)27/h4-13H,1-3H3,(H2,30,31,34). The molecule has 0 saturated carbocycles. The molecule has 4 aromatic rings. The van der Waals surface area contributed by atoms with Crippen LogP contribution in [0.1, 0.15) is 17.2 Å². The number of thioether (sulfide) groups is 1. The number of aromatic nitrogens is 4. The zero-order valence-corrected chi connectivity index (χ0v) is 20.2. The molecule has 2 N–H and O–H groups in total. The number of urea groups is 1. The molecule has 12 heteroatoms. The second kappa shape index (κ2) is 10.3. The molecular formula is C24H21F3N6O2S. The first kappa shape index (κ1) is 25.0. The van der Waals surface area contributed by atoms with Crippen molar-refractivity contribution in [2.45, 2.75) is 31.2 Å². The predicted octanol–water partition coefficient (Wildman–Crippen LogP) is 6.64. The van der Waals surface area contributed by atoms with Crippen LogP contribution in [-0.2, 0) is 0 Å². The molecule has 2 amide bonds. The monoisotopic (exact) mass is 514 g/mol. The van der Waals surface area contributed by atoms with Crippen molar-refractivity contribution in [1.29, 1.82) is 0 Å². The van der Waals surface area contributed by atoms with E-state index < -0.39 is 11.5 Å². The Hall–Kier alpha value is -4.06. The van der Waals surface area contributed by atoms with E-state index in [1.54, 1.807) is 41.9 Å². The summed E-state index contributed by atoms with van der Waals surface area (Å²) >= 11 is -0.218. The molecule has 0 aliphatic heterocycles. The number of amides is 2. The minimum atomic E-state index is -4.37. The van der Waals surface area contributed by atoms with Crippen molar-refractivity contribution in [3.8, 4) is 17.4 Å². The lowest BCUT2D eigenvalue weighted by Crippen LogP contribution is -2.19. The van der Waals surface area contributed by atoms with Gasteiger partial charge in [0, 0.05) is 28.0 Å². The third kappa shape index (κ3) is 6.75. The number of carbonyl (C=O) groups excluding carboxylic acids is 1. The van der Waals surface area contributed by atoms with Crippen LogP contribution in [0.3, 0.4) is 0 Å². The number of carbonyl (C=O) groups is 1. The number of aryl methyl sites for hydroxylation is 3. The Balaban J connectivity index is 1.37. The van der Waals surface area contributed by atoms with Gasteiger partial charge in [-0.05, 0) is 87.1 Å². The van der Waals surface area contributed by atoms with Crippen LogP contribution < -0.4 is 15.4 Å². The van der Waals surface area contributed by atoms with Gasteiger partial charge < -0.3 is 15.4 Å². The molecule has 186 valence electrons. The lowest BCUT2D eigenvalue weighted by Gasteiger charge is -2.11. The number of nitrogens with one attached hydrogen (secondary N) is 2. The zero-order valence-electron chi connectivity index (χ0n) is 19.4. The van der Waals surface area contributed by atoms with E-state index in [0.29, 0.717) is 34.6 Å². The smallest absolute Gasteiger partial charge is 0.439 e. The highest BCUT2D eigenvalue weighted by Crippen LogP contribution is 2.37. The van der Waals surface area contributed by atoms with E-state index in [0.717, 1.165) is 11.4 Å². The minimum absolute atomic E-state index is 0.0323. The molecule has 2 aromatic carbocycles. The Morgan fingerprint density at radius 1 is 0.917 bits per heavy atom. The summed E-state index contributed by atoms with van der Waals surface area (Å²) in [4.78, 5) is 21.0. The molecule has 4 rings (SSSR count). The van der Waals surface area contributed by atoms with Gasteiger partial charge in [0.1, 0.15) is 11.6 Å². The lowest BCUT2D eigenvalue weighted by atomic mass is 10.3. The molecule has 0 radical (unpaired) electrons. The van der Waals surface area contributed by atoms with Crippen LogP contribution >= 0.6 is 11.8 Å². The van der Waals surface area contributed by atoms with Crippen LogP contribution in [0.4, 0.5) is 29.3 Å². The van der Waals surface area contributed by atoms with Crippen molar-refractivity contribution in [3.63, 3.8) is 0 Å². The van der Waals surface area contributed by atoms with Gasteiger partial charge in [0.05, 0.1) is 5.69 Å². The second-order valence-electron chi connectivity index (χ2n) is 7.73. The number of halogens is 3. The predicted molar refractivity (Wildman–Crippen MR) is 131 cm³/mol. The summed E-state index contributed by atoms with van der Waals surface area (Å²) in [6.07, 6.45) is 0. The van der Waals surface area contributed by atoms with E-state index in [1.165, 1.54) is 24.3 Å². The molecule has 0 spiro atoms. The zero-order chi connectivity index (χ0) is 25.9. The third-order valence-electron chi connectivity index (χ3n) is 4.71. The van der Waals surface area contributed by atoms with Gasteiger partial charge in [0.15, 0.2) is 5.82 Å². The fourth-order valence-corrected chi connectivity index (χ4v) is 3.85. The SMILES string of the molecule is Cc1cc(C)n(-c2cc(Oc3ccc(NC(=O)Nc4ccc(SC(F)(F)F)cc4)cc3)nc(C)n2)n1. The number of ether oxygens (including phenoxy) is 1. The van der Waals surface area contributed by atoms with E-state index in [-0.39, 0.29) is 16.7 Å². The number of hydrogen-bond acceptors (Lipinski definition) is 6. The molecule has 2 aromatic heterocycles. The summed E-state index contributed by atoms with van der Waals surface area (Å²) in [6, 6.07) is 15.1. The Kier molecular flexibility index (Phi) is 7.15. The average molecular weight is 515 g/mol. The maximum atomic E-state index is 12.4. The van der Waals surface area contributed by atoms with Crippen LogP contribution in [0.2, 0.25) is 0 Å². The Labute approximate surface area is 208 Å². The fourth-order valence-electron chi connectivity index (χ4n) is 3.31. The maximum absolute atomic E-state index is 12.4. The summed E-state index contributed by atoms with van der Waals surface area (Å²) in [6.45, 7) is 5.59. The number of anilines is 2. The van der Waals surface area contributed by atoms with E-state index in [4.69, 9.17) is 4.74 Å².